The maximum atomic E-state index is 12.8. The van der Waals surface area contributed by atoms with Crippen molar-refractivity contribution < 1.29 is 36.2 Å². The van der Waals surface area contributed by atoms with Crippen LogP contribution in [-0.2, 0) is 4.79 Å². The van der Waals surface area contributed by atoms with Crippen molar-refractivity contribution >= 4 is 11.6 Å². The lowest BCUT2D eigenvalue weighted by Gasteiger charge is -2.21. The number of alkyl halides is 5. The zero-order chi connectivity index (χ0) is 15.0. The standard InChI is InChI=1S/C11H8F5NO3/c12-10(13,11(14,15)16)9(18)17-6-1-2-7-8(5-6)20-4-3-19-7/h1-2,5H,3-4H2,(H,17,18). The third-order valence-corrected chi connectivity index (χ3v) is 2.44. The van der Waals surface area contributed by atoms with Gasteiger partial charge >= 0.3 is 18.0 Å². The Labute approximate surface area is 109 Å². The van der Waals surface area contributed by atoms with Crippen molar-refractivity contribution in [3.63, 3.8) is 0 Å². The fourth-order valence-corrected chi connectivity index (χ4v) is 1.46. The van der Waals surface area contributed by atoms with Gasteiger partial charge in [0.2, 0.25) is 0 Å². The lowest BCUT2D eigenvalue weighted by atomic mass is 10.2. The molecule has 0 atom stereocenters. The molecule has 1 amide bonds. The molecule has 0 bridgehead atoms. The second-order valence-electron chi connectivity index (χ2n) is 3.88. The molecule has 0 fully saturated rings. The second-order valence-corrected chi connectivity index (χ2v) is 3.88. The van der Waals surface area contributed by atoms with Crippen molar-refractivity contribution in [2.75, 3.05) is 18.5 Å². The molecule has 4 nitrogen and oxygen atoms in total. The number of benzene rings is 1. The van der Waals surface area contributed by atoms with Gasteiger partial charge in [0.1, 0.15) is 13.2 Å². The highest BCUT2D eigenvalue weighted by Gasteiger charge is 2.63. The summed E-state index contributed by atoms with van der Waals surface area (Å²) in [5.41, 5.74) is -0.247. The number of carbonyl (C=O) groups excluding carboxylic acids is 1. The zero-order valence-corrected chi connectivity index (χ0v) is 9.76. The molecule has 1 N–H and O–H groups in total. The number of carbonyl (C=O) groups is 1. The van der Waals surface area contributed by atoms with Crippen molar-refractivity contribution in [1.29, 1.82) is 0 Å². The van der Waals surface area contributed by atoms with Crippen LogP contribution in [0.3, 0.4) is 0 Å². The average molecular weight is 297 g/mol. The molecule has 9 heteroatoms. The van der Waals surface area contributed by atoms with E-state index in [4.69, 9.17) is 9.47 Å². The van der Waals surface area contributed by atoms with E-state index < -0.39 is 18.0 Å². The van der Waals surface area contributed by atoms with Gasteiger partial charge in [-0.05, 0) is 12.1 Å². The van der Waals surface area contributed by atoms with Crippen LogP contribution < -0.4 is 14.8 Å². The average Bonchev–Trinajstić information content (AvgIpc) is 2.37. The monoisotopic (exact) mass is 297 g/mol. The Morgan fingerprint density at radius 3 is 2.25 bits per heavy atom. The SMILES string of the molecule is O=C(Nc1ccc2c(c1)OCCO2)C(F)(F)C(F)(F)F. The summed E-state index contributed by atoms with van der Waals surface area (Å²) in [5, 5.41) is 1.49. The van der Waals surface area contributed by atoms with Gasteiger partial charge in [-0.2, -0.15) is 22.0 Å². The lowest BCUT2D eigenvalue weighted by molar-refractivity contribution is -0.267. The Bertz CT molecular complexity index is 529. The van der Waals surface area contributed by atoms with Gasteiger partial charge in [0.15, 0.2) is 11.5 Å². The fourth-order valence-electron chi connectivity index (χ4n) is 1.46. The summed E-state index contributed by atoms with van der Waals surface area (Å²) in [6.07, 6.45) is -5.95. The van der Waals surface area contributed by atoms with Crippen LogP contribution in [0.25, 0.3) is 0 Å². The van der Waals surface area contributed by atoms with E-state index >= 15 is 0 Å². The van der Waals surface area contributed by atoms with Crippen LogP contribution >= 0.6 is 0 Å². The number of nitrogens with one attached hydrogen (secondary N) is 1. The lowest BCUT2D eigenvalue weighted by Crippen LogP contribution is -2.47. The van der Waals surface area contributed by atoms with Gasteiger partial charge in [-0.25, -0.2) is 0 Å². The number of hydrogen-bond acceptors (Lipinski definition) is 3. The van der Waals surface area contributed by atoms with Crippen LogP contribution in [0.5, 0.6) is 11.5 Å². The molecule has 1 aromatic carbocycles. The summed E-state index contributed by atoms with van der Waals surface area (Å²) in [4.78, 5) is 11.0. The van der Waals surface area contributed by atoms with Crippen LogP contribution in [0.2, 0.25) is 0 Å². The number of fused-ring (bicyclic) bond motifs is 1. The van der Waals surface area contributed by atoms with Gasteiger partial charge in [0, 0.05) is 11.8 Å². The quantitative estimate of drug-likeness (QED) is 0.854. The predicted octanol–water partition coefficient (Wildman–Crippen LogP) is 2.59. The smallest absolute Gasteiger partial charge is 0.463 e. The maximum absolute atomic E-state index is 12.8. The van der Waals surface area contributed by atoms with E-state index in [-0.39, 0.29) is 18.0 Å². The largest absolute Gasteiger partial charge is 0.486 e. The Morgan fingerprint density at radius 1 is 1.05 bits per heavy atom. The molecule has 0 aromatic heterocycles. The molecule has 0 spiro atoms. The first kappa shape index (κ1) is 14.4. The first-order valence-corrected chi connectivity index (χ1v) is 5.37. The highest BCUT2D eigenvalue weighted by molar-refractivity contribution is 5.97. The summed E-state index contributed by atoms with van der Waals surface area (Å²) in [7, 11) is 0. The minimum Gasteiger partial charge on any atom is -0.486 e. The summed E-state index contributed by atoms with van der Waals surface area (Å²) >= 11 is 0. The molecule has 0 radical (unpaired) electrons. The highest BCUT2D eigenvalue weighted by atomic mass is 19.4. The minimum absolute atomic E-state index is 0.157. The molecule has 0 saturated heterocycles. The van der Waals surface area contributed by atoms with Gasteiger partial charge in [-0.1, -0.05) is 0 Å². The molecule has 1 aliphatic rings. The number of anilines is 1. The number of halogens is 5. The van der Waals surface area contributed by atoms with Gasteiger partial charge in [0.25, 0.3) is 0 Å². The molecular formula is C11H8F5NO3. The first-order chi connectivity index (χ1) is 9.22. The number of hydrogen-bond donors (Lipinski definition) is 1. The zero-order valence-electron chi connectivity index (χ0n) is 9.76. The molecule has 1 aromatic rings. The Kier molecular flexibility index (Phi) is 3.45. The maximum Gasteiger partial charge on any atom is 0.463 e. The molecular weight excluding hydrogens is 289 g/mol. The normalized spacial score (nSPS) is 14.8. The van der Waals surface area contributed by atoms with Crippen molar-refractivity contribution in [3.05, 3.63) is 18.2 Å². The van der Waals surface area contributed by atoms with E-state index in [1.807, 2.05) is 0 Å². The molecule has 110 valence electrons. The van der Waals surface area contributed by atoms with Crippen molar-refractivity contribution in [2.45, 2.75) is 12.1 Å². The molecule has 20 heavy (non-hydrogen) atoms. The van der Waals surface area contributed by atoms with E-state index in [9.17, 15) is 26.7 Å². The van der Waals surface area contributed by atoms with E-state index in [1.54, 1.807) is 0 Å². The number of rotatable bonds is 2. The topological polar surface area (TPSA) is 47.6 Å². The fraction of sp³-hybridized carbons (Fsp3) is 0.364. The van der Waals surface area contributed by atoms with Crippen molar-refractivity contribution in [2.24, 2.45) is 0 Å². The Balaban J connectivity index is 2.16. The van der Waals surface area contributed by atoms with Gasteiger partial charge in [0.05, 0.1) is 0 Å². The number of amides is 1. The third kappa shape index (κ3) is 2.61. The highest BCUT2D eigenvalue weighted by Crippen LogP contribution is 2.37. The van der Waals surface area contributed by atoms with E-state index in [2.05, 4.69) is 0 Å². The molecule has 1 aliphatic heterocycles. The minimum atomic E-state index is -5.95. The van der Waals surface area contributed by atoms with Crippen molar-refractivity contribution in [3.8, 4) is 11.5 Å². The Morgan fingerprint density at radius 2 is 1.65 bits per heavy atom. The predicted molar refractivity (Wildman–Crippen MR) is 57.1 cm³/mol. The third-order valence-electron chi connectivity index (χ3n) is 2.44. The van der Waals surface area contributed by atoms with Crippen molar-refractivity contribution in [1.82, 2.24) is 0 Å². The molecule has 0 aliphatic carbocycles. The Hall–Kier alpha value is -2.06. The van der Waals surface area contributed by atoms with Gasteiger partial charge in [-0.3, -0.25) is 4.79 Å². The van der Waals surface area contributed by atoms with E-state index in [1.165, 1.54) is 11.4 Å². The summed E-state index contributed by atoms with van der Waals surface area (Å²) < 4.78 is 71.8. The van der Waals surface area contributed by atoms with Crippen LogP contribution in [0.1, 0.15) is 0 Å². The molecule has 0 saturated carbocycles. The molecule has 1 heterocycles. The second kappa shape index (κ2) is 4.80. The van der Waals surface area contributed by atoms with E-state index in [0.29, 0.717) is 12.4 Å². The van der Waals surface area contributed by atoms with Crippen LogP contribution in [0.4, 0.5) is 27.6 Å². The van der Waals surface area contributed by atoms with Crippen LogP contribution in [0.15, 0.2) is 18.2 Å². The van der Waals surface area contributed by atoms with E-state index in [0.717, 1.165) is 12.1 Å². The van der Waals surface area contributed by atoms with Crippen LogP contribution in [-0.4, -0.2) is 31.2 Å². The van der Waals surface area contributed by atoms with Gasteiger partial charge in [-0.15, -0.1) is 0 Å². The summed E-state index contributed by atoms with van der Waals surface area (Å²) in [6.45, 7) is 0.508. The first-order valence-electron chi connectivity index (χ1n) is 5.37. The van der Waals surface area contributed by atoms with Gasteiger partial charge < -0.3 is 14.8 Å². The summed E-state index contributed by atoms with van der Waals surface area (Å²) in [5.74, 6) is -7.46. The summed E-state index contributed by atoms with van der Waals surface area (Å²) in [6, 6.07) is 3.55. The molecule has 2 rings (SSSR count). The number of ether oxygens (including phenoxy) is 2. The van der Waals surface area contributed by atoms with Crippen LogP contribution in [0, 0.1) is 0 Å². The molecule has 0 unspecified atom stereocenters.